The smallest absolute Gasteiger partial charge is 0.306 e. The van der Waals surface area contributed by atoms with Crippen LogP contribution in [0.5, 0.6) is 0 Å². The van der Waals surface area contributed by atoms with Crippen molar-refractivity contribution in [2.75, 3.05) is 41.0 Å². The molecule has 0 bridgehead atoms. The fourth-order valence-electron chi connectivity index (χ4n) is 6.03. The highest BCUT2D eigenvalue weighted by Crippen LogP contribution is 2.14. The Labute approximate surface area is 319 Å². The minimum absolute atomic E-state index is 0.0386. The average molecular weight is 734 g/mol. The molecule has 0 aliphatic heterocycles. The number of nitrogens with zero attached hydrogens (tertiary/aromatic N) is 1. The van der Waals surface area contributed by atoms with E-state index in [0.29, 0.717) is 12.8 Å². The summed E-state index contributed by atoms with van der Waals surface area (Å²) >= 11 is 0. The van der Waals surface area contributed by atoms with Crippen LogP contribution in [0.4, 0.5) is 0 Å². The molecular weight excluding hydrogens is 654 g/mol. The van der Waals surface area contributed by atoms with Gasteiger partial charge < -0.3 is 28.6 Å². The summed E-state index contributed by atoms with van der Waals surface area (Å²) in [6.45, 7) is 4.53. The van der Waals surface area contributed by atoms with E-state index in [1.165, 1.54) is 77.0 Å². The van der Waals surface area contributed by atoms with Crippen molar-refractivity contribution in [2.45, 2.75) is 187 Å². The predicted octanol–water partition coefficient (Wildman–Crippen LogP) is 9.74. The summed E-state index contributed by atoms with van der Waals surface area (Å²) in [5.41, 5.74) is 0. The Hall–Kier alpha value is -2.45. The van der Waals surface area contributed by atoms with Crippen molar-refractivity contribution in [1.29, 1.82) is 0 Å². The van der Waals surface area contributed by atoms with Crippen LogP contribution in [0.3, 0.4) is 0 Å². The van der Waals surface area contributed by atoms with E-state index in [1.807, 2.05) is 0 Å². The highest BCUT2D eigenvalue weighted by atomic mass is 16.6. The van der Waals surface area contributed by atoms with Crippen molar-refractivity contribution in [3.05, 3.63) is 36.5 Å². The zero-order valence-corrected chi connectivity index (χ0v) is 34.2. The summed E-state index contributed by atoms with van der Waals surface area (Å²) in [7, 11) is 5.40. The Kier molecular flexibility index (Phi) is 33.9. The predicted molar refractivity (Wildman–Crippen MR) is 213 cm³/mol. The number of ether oxygens (including phenoxy) is 3. The van der Waals surface area contributed by atoms with Gasteiger partial charge in [-0.25, -0.2) is 0 Å². The molecule has 0 radical (unpaired) electrons. The molecule has 0 aromatic carbocycles. The first-order valence-electron chi connectivity index (χ1n) is 21.0. The number of likely N-dealkylation sites (N-methyl/N-ethyl adjacent to an activating group) is 1. The van der Waals surface area contributed by atoms with Crippen LogP contribution in [0, 0.1) is 0 Å². The van der Waals surface area contributed by atoms with Crippen molar-refractivity contribution < 1.29 is 38.2 Å². The largest absolute Gasteiger partial charge is 0.544 e. The molecule has 0 fully saturated rings. The SMILES string of the molecule is CC/C=C\C/C=C\C/C=C\CCCCCCCCCC(=O)OC(COCCC(C(=O)[O-])[N+](C)(C)C)COC(=O)CCCCCCCCCCCCC. The number of aliphatic carboxylic acids is 1. The summed E-state index contributed by atoms with van der Waals surface area (Å²) in [5.74, 6) is -1.75. The van der Waals surface area contributed by atoms with Gasteiger partial charge in [0, 0.05) is 19.3 Å². The van der Waals surface area contributed by atoms with Gasteiger partial charge in [-0.05, 0) is 44.9 Å². The number of carboxylic acid groups (broad SMARTS) is 1. The van der Waals surface area contributed by atoms with Gasteiger partial charge in [0.2, 0.25) is 0 Å². The molecule has 0 saturated carbocycles. The van der Waals surface area contributed by atoms with Gasteiger partial charge >= 0.3 is 11.9 Å². The van der Waals surface area contributed by atoms with Crippen LogP contribution in [-0.2, 0) is 28.6 Å². The van der Waals surface area contributed by atoms with E-state index in [1.54, 1.807) is 21.1 Å². The Morgan fingerprint density at radius 1 is 0.596 bits per heavy atom. The van der Waals surface area contributed by atoms with Crippen LogP contribution < -0.4 is 5.11 Å². The van der Waals surface area contributed by atoms with Gasteiger partial charge in [-0.1, -0.05) is 147 Å². The lowest BCUT2D eigenvalue weighted by Crippen LogP contribution is -2.55. The van der Waals surface area contributed by atoms with E-state index in [9.17, 15) is 19.5 Å². The second-order valence-electron chi connectivity index (χ2n) is 15.2. The van der Waals surface area contributed by atoms with E-state index in [4.69, 9.17) is 14.2 Å². The van der Waals surface area contributed by atoms with Crippen LogP contribution in [0.2, 0.25) is 0 Å². The minimum atomic E-state index is -1.13. The molecular formula is C44H79NO7. The monoisotopic (exact) mass is 734 g/mol. The topological polar surface area (TPSA) is 102 Å². The lowest BCUT2D eigenvalue weighted by atomic mass is 10.1. The second kappa shape index (κ2) is 35.6. The Bertz CT molecular complexity index is 953. The maximum absolute atomic E-state index is 12.7. The number of unbranched alkanes of at least 4 members (excludes halogenated alkanes) is 17. The molecule has 0 aromatic rings. The van der Waals surface area contributed by atoms with Crippen LogP contribution in [0.25, 0.3) is 0 Å². The van der Waals surface area contributed by atoms with Gasteiger partial charge in [0.1, 0.15) is 12.6 Å². The number of allylic oxidation sites excluding steroid dienone is 6. The first kappa shape index (κ1) is 49.6. The summed E-state index contributed by atoms with van der Waals surface area (Å²) < 4.78 is 17.1. The molecule has 0 rings (SSSR count). The molecule has 52 heavy (non-hydrogen) atoms. The van der Waals surface area contributed by atoms with Crippen LogP contribution in [-0.4, -0.2) is 75.5 Å². The van der Waals surface area contributed by atoms with Crippen molar-refractivity contribution in [1.82, 2.24) is 0 Å². The molecule has 0 N–H and O–H groups in total. The molecule has 8 nitrogen and oxygen atoms in total. The molecule has 8 heteroatoms. The summed E-state index contributed by atoms with van der Waals surface area (Å²) in [5, 5.41) is 11.6. The van der Waals surface area contributed by atoms with Gasteiger partial charge in [-0.3, -0.25) is 9.59 Å². The fourth-order valence-corrected chi connectivity index (χ4v) is 6.03. The first-order chi connectivity index (χ1) is 25.1. The number of hydrogen-bond donors (Lipinski definition) is 0. The maximum Gasteiger partial charge on any atom is 0.306 e. The molecule has 0 heterocycles. The number of rotatable bonds is 37. The van der Waals surface area contributed by atoms with Crippen molar-refractivity contribution in [2.24, 2.45) is 0 Å². The molecule has 302 valence electrons. The number of hydrogen-bond acceptors (Lipinski definition) is 7. The van der Waals surface area contributed by atoms with Gasteiger partial charge in [0.05, 0.1) is 40.3 Å². The molecule has 0 spiro atoms. The fraction of sp³-hybridized carbons (Fsp3) is 0.795. The van der Waals surface area contributed by atoms with E-state index >= 15 is 0 Å². The number of quaternary nitrogens is 1. The standard InChI is InChI=1S/C44H79NO7/c1-6-8-10-12-14-16-18-19-20-21-22-23-25-27-29-31-33-35-43(47)52-40(38-50-37-36-41(44(48)49)45(3,4)5)39-51-42(46)34-32-30-28-26-24-17-15-13-11-9-7-2/h8,10,14,16,19-20,40-41H,6-7,9,11-13,15,17-18,21-39H2,1-5H3/b10-8-,16-14-,20-19-. The van der Waals surface area contributed by atoms with Crippen LogP contribution in [0.1, 0.15) is 174 Å². The van der Waals surface area contributed by atoms with Crippen LogP contribution in [0.15, 0.2) is 36.5 Å². The Morgan fingerprint density at radius 2 is 1.08 bits per heavy atom. The van der Waals surface area contributed by atoms with Gasteiger partial charge in [0.25, 0.3) is 0 Å². The van der Waals surface area contributed by atoms with E-state index < -0.39 is 18.1 Å². The van der Waals surface area contributed by atoms with Crippen molar-refractivity contribution in [3.63, 3.8) is 0 Å². The third-order valence-corrected chi connectivity index (χ3v) is 9.29. The lowest BCUT2D eigenvalue weighted by Gasteiger charge is -2.34. The third kappa shape index (κ3) is 33.4. The number of carbonyl (C=O) groups is 3. The van der Waals surface area contributed by atoms with E-state index in [2.05, 4.69) is 50.3 Å². The van der Waals surface area contributed by atoms with Crippen LogP contribution >= 0.6 is 0 Å². The summed E-state index contributed by atoms with van der Waals surface area (Å²) in [6, 6.07) is -0.725. The summed E-state index contributed by atoms with van der Waals surface area (Å²) in [4.78, 5) is 36.7. The molecule has 0 aliphatic rings. The van der Waals surface area contributed by atoms with E-state index in [-0.39, 0.29) is 42.7 Å². The molecule has 0 aliphatic carbocycles. The van der Waals surface area contributed by atoms with Gasteiger partial charge in [-0.2, -0.15) is 0 Å². The van der Waals surface area contributed by atoms with Crippen molar-refractivity contribution >= 4 is 17.9 Å². The molecule has 0 amide bonds. The minimum Gasteiger partial charge on any atom is -0.544 e. The van der Waals surface area contributed by atoms with E-state index in [0.717, 1.165) is 64.2 Å². The highest BCUT2D eigenvalue weighted by Gasteiger charge is 2.25. The Balaban J connectivity index is 4.37. The quantitative estimate of drug-likeness (QED) is 0.0271. The van der Waals surface area contributed by atoms with Gasteiger partial charge in [0.15, 0.2) is 6.10 Å². The normalized spacial score (nSPS) is 13.3. The zero-order chi connectivity index (χ0) is 38.5. The van der Waals surface area contributed by atoms with Gasteiger partial charge in [-0.15, -0.1) is 0 Å². The Morgan fingerprint density at radius 3 is 1.60 bits per heavy atom. The number of carbonyl (C=O) groups excluding carboxylic acids is 3. The zero-order valence-electron chi connectivity index (χ0n) is 34.2. The van der Waals surface area contributed by atoms with Crippen molar-refractivity contribution in [3.8, 4) is 0 Å². The average Bonchev–Trinajstić information content (AvgIpc) is 3.09. The lowest BCUT2D eigenvalue weighted by molar-refractivity contribution is -0.889. The molecule has 2 unspecified atom stereocenters. The highest BCUT2D eigenvalue weighted by molar-refractivity contribution is 5.70. The summed E-state index contributed by atoms with van der Waals surface area (Å²) in [6.07, 6.45) is 38.8. The molecule has 0 aromatic heterocycles. The number of esters is 2. The first-order valence-corrected chi connectivity index (χ1v) is 21.0. The second-order valence-corrected chi connectivity index (χ2v) is 15.2. The number of carboxylic acids is 1. The molecule has 0 saturated heterocycles. The third-order valence-electron chi connectivity index (χ3n) is 9.29. The molecule has 2 atom stereocenters. The maximum atomic E-state index is 12.7.